The molecule has 0 aliphatic carbocycles. The molecule has 1 atom stereocenters. The van der Waals surface area contributed by atoms with E-state index in [4.69, 9.17) is 10.8 Å². The second-order valence-electron chi connectivity index (χ2n) is 2.51. The predicted molar refractivity (Wildman–Crippen MR) is 46.2 cm³/mol. The minimum absolute atomic E-state index is 0.367. The summed E-state index contributed by atoms with van der Waals surface area (Å²) >= 11 is 1.44. The van der Waals surface area contributed by atoms with E-state index < -0.39 is 12.0 Å². The van der Waals surface area contributed by atoms with Crippen molar-refractivity contribution in [3.05, 3.63) is 16.1 Å². The van der Waals surface area contributed by atoms with Gasteiger partial charge in [0.1, 0.15) is 6.04 Å². The summed E-state index contributed by atoms with van der Waals surface area (Å²) in [4.78, 5) is 15.3. The third-order valence-corrected chi connectivity index (χ3v) is 2.52. The maximum atomic E-state index is 10.4. The van der Waals surface area contributed by atoms with Crippen LogP contribution < -0.4 is 5.73 Å². The van der Waals surface area contributed by atoms with Crippen molar-refractivity contribution in [2.45, 2.75) is 19.4 Å². The zero-order valence-corrected chi connectivity index (χ0v) is 7.47. The quantitative estimate of drug-likeness (QED) is 0.716. The first-order valence-electron chi connectivity index (χ1n) is 3.48. The molecule has 4 nitrogen and oxygen atoms in total. The van der Waals surface area contributed by atoms with Crippen molar-refractivity contribution in [2.75, 3.05) is 0 Å². The predicted octanol–water partition coefficient (Wildman–Crippen LogP) is 0.406. The van der Waals surface area contributed by atoms with Crippen molar-refractivity contribution in [1.29, 1.82) is 0 Å². The molecule has 1 heterocycles. The molecule has 0 spiro atoms. The molecule has 0 fully saturated rings. The first kappa shape index (κ1) is 9.15. The topological polar surface area (TPSA) is 76.2 Å². The second kappa shape index (κ2) is 3.64. The van der Waals surface area contributed by atoms with E-state index in [-0.39, 0.29) is 0 Å². The van der Waals surface area contributed by atoms with Gasteiger partial charge in [-0.2, -0.15) is 0 Å². The molecule has 66 valence electrons. The van der Waals surface area contributed by atoms with Crippen molar-refractivity contribution in [3.8, 4) is 0 Å². The number of nitrogens with zero attached hydrogens (tertiary/aromatic N) is 1. The smallest absolute Gasteiger partial charge is 0.320 e. The molecule has 12 heavy (non-hydrogen) atoms. The van der Waals surface area contributed by atoms with Crippen LogP contribution in [0.25, 0.3) is 0 Å². The lowest BCUT2D eigenvalue weighted by atomic mass is 10.2. The molecule has 0 aliphatic rings. The van der Waals surface area contributed by atoms with Crippen LogP contribution in [0.4, 0.5) is 0 Å². The SMILES string of the molecule is Cc1ncsc1C[C@@H](N)C(=O)O. The lowest BCUT2D eigenvalue weighted by molar-refractivity contribution is -0.138. The van der Waals surface area contributed by atoms with Gasteiger partial charge < -0.3 is 10.8 Å². The van der Waals surface area contributed by atoms with E-state index >= 15 is 0 Å². The number of carbonyl (C=O) groups is 1. The second-order valence-corrected chi connectivity index (χ2v) is 3.45. The van der Waals surface area contributed by atoms with Gasteiger partial charge in [0, 0.05) is 11.3 Å². The minimum atomic E-state index is -0.970. The lowest BCUT2D eigenvalue weighted by Crippen LogP contribution is -2.32. The number of aryl methyl sites for hydroxylation is 1. The summed E-state index contributed by atoms with van der Waals surface area (Å²) in [5, 5.41) is 8.53. The number of carboxylic acids is 1. The van der Waals surface area contributed by atoms with E-state index in [1.165, 1.54) is 11.3 Å². The summed E-state index contributed by atoms with van der Waals surface area (Å²) in [6.45, 7) is 1.85. The van der Waals surface area contributed by atoms with Gasteiger partial charge in [0.2, 0.25) is 0 Å². The maximum Gasteiger partial charge on any atom is 0.320 e. The zero-order chi connectivity index (χ0) is 9.14. The van der Waals surface area contributed by atoms with Gasteiger partial charge in [0.05, 0.1) is 11.2 Å². The summed E-state index contributed by atoms with van der Waals surface area (Å²) in [6, 6.07) is -0.816. The summed E-state index contributed by atoms with van der Waals surface area (Å²) in [6.07, 6.45) is 0.367. The van der Waals surface area contributed by atoms with Gasteiger partial charge in [-0.1, -0.05) is 0 Å². The van der Waals surface area contributed by atoms with Crippen LogP contribution in [0.2, 0.25) is 0 Å². The van der Waals surface area contributed by atoms with Gasteiger partial charge in [-0.25, -0.2) is 4.98 Å². The molecule has 0 saturated heterocycles. The molecule has 0 amide bonds. The number of nitrogens with two attached hydrogens (primary N) is 1. The average molecular weight is 186 g/mol. The van der Waals surface area contributed by atoms with E-state index in [0.29, 0.717) is 6.42 Å². The highest BCUT2D eigenvalue weighted by Gasteiger charge is 2.14. The molecule has 3 N–H and O–H groups in total. The number of hydrogen-bond donors (Lipinski definition) is 2. The van der Waals surface area contributed by atoms with Crippen LogP contribution in [0.15, 0.2) is 5.51 Å². The Bertz CT molecular complexity index is 285. The molecule has 0 unspecified atom stereocenters. The summed E-state index contributed by atoms with van der Waals surface area (Å²) in [5.74, 6) is -0.970. The fourth-order valence-electron chi connectivity index (χ4n) is 0.809. The largest absolute Gasteiger partial charge is 0.480 e. The number of hydrogen-bond acceptors (Lipinski definition) is 4. The molecule has 0 aliphatic heterocycles. The normalized spacial score (nSPS) is 12.8. The van der Waals surface area contributed by atoms with Crippen LogP contribution in [0, 0.1) is 6.92 Å². The van der Waals surface area contributed by atoms with Crippen LogP contribution >= 0.6 is 11.3 Å². The molecule has 0 saturated carbocycles. The molecular weight excluding hydrogens is 176 g/mol. The van der Waals surface area contributed by atoms with Gasteiger partial charge in [0.15, 0.2) is 0 Å². The van der Waals surface area contributed by atoms with E-state index in [0.717, 1.165) is 10.6 Å². The van der Waals surface area contributed by atoms with Gasteiger partial charge in [-0.15, -0.1) is 11.3 Å². The van der Waals surface area contributed by atoms with Crippen LogP contribution in [0.3, 0.4) is 0 Å². The summed E-state index contributed by atoms with van der Waals surface area (Å²) < 4.78 is 0. The fraction of sp³-hybridized carbons (Fsp3) is 0.429. The van der Waals surface area contributed by atoms with Crippen molar-refractivity contribution in [1.82, 2.24) is 4.98 Å². The van der Waals surface area contributed by atoms with E-state index in [1.807, 2.05) is 6.92 Å². The molecular formula is C7H10N2O2S. The van der Waals surface area contributed by atoms with Gasteiger partial charge >= 0.3 is 5.97 Å². The Morgan fingerprint density at radius 2 is 2.58 bits per heavy atom. The molecule has 0 aromatic carbocycles. The Kier molecular flexibility index (Phi) is 2.78. The molecule has 0 radical (unpaired) electrons. The summed E-state index contributed by atoms with van der Waals surface area (Å²) in [7, 11) is 0. The molecule has 0 bridgehead atoms. The Morgan fingerprint density at radius 1 is 1.92 bits per heavy atom. The number of aromatic nitrogens is 1. The molecule has 5 heteroatoms. The Morgan fingerprint density at radius 3 is 3.00 bits per heavy atom. The highest BCUT2D eigenvalue weighted by atomic mass is 32.1. The van der Waals surface area contributed by atoms with Crippen LogP contribution in [-0.4, -0.2) is 22.1 Å². The van der Waals surface area contributed by atoms with Crippen molar-refractivity contribution in [3.63, 3.8) is 0 Å². The van der Waals surface area contributed by atoms with Crippen molar-refractivity contribution in [2.24, 2.45) is 5.73 Å². The highest BCUT2D eigenvalue weighted by molar-refractivity contribution is 7.09. The number of thiazole rings is 1. The lowest BCUT2D eigenvalue weighted by Gasteiger charge is -2.03. The van der Waals surface area contributed by atoms with Crippen molar-refractivity contribution < 1.29 is 9.90 Å². The van der Waals surface area contributed by atoms with E-state index in [2.05, 4.69) is 4.98 Å². The van der Waals surface area contributed by atoms with Crippen LogP contribution in [0.1, 0.15) is 10.6 Å². The van der Waals surface area contributed by atoms with Crippen LogP contribution in [0.5, 0.6) is 0 Å². The molecule has 1 aromatic rings. The Balaban J connectivity index is 2.64. The number of carboxylic acid groups (broad SMARTS) is 1. The maximum absolute atomic E-state index is 10.4. The van der Waals surface area contributed by atoms with Gasteiger partial charge in [-0.3, -0.25) is 4.79 Å². The van der Waals surface area contributed by atoms with Crippen LogP contribution in [-0.2, 0) is 11.2 Å². The number of aliphatic carboxylic acids is 1. The third-order valence-electron chi connectivity index (χ3n) is 1.57. The number of rotatable bonds is 3. The monoisotopic (exact) mass is 186 g/mol. The minimum Gasteiger partial charge on any atom is -0.480 e. The fourth-order valence-corrected chi connectivity index (χ4v) is 1.65. The standard InChI is InChI=1S/C7H10N2O2S/c1-4-6(12-3-9-4)2-5(8)7(10)11/h3,5H,2,8H2,1H3,(H,10,11)/t5-/m1/s1. The summed E-state index contributed by atoms with van der Waals surface area (Å²) in [5.41, 5.74) is 7.92. The Labute approximate surface area is 74.0 Å². The zero-order valence-electron chi connectivity index (χ0n) is 6.65. The third kappa shape index (κ3) is 2.02. The van der Waals surface area contributed by atoms with E-state index in [9.17, 15) is 4.79 Å². The molecule has 1 aromatic heterocycles. The Hall–Kier alpha value is -0.940. The highest BCUT2D eigenvalue weighted by Crippen LogP contribution is 2.13. The van der Waals surface area contributed by atoms with E-state index in [1.54, 1.807) is 5.51 Å². The first-order valence-corrected chi connectivity index (χ1v) is 4.36. The average Bonchev–Trinajstić information content (AvgIpc) is 2.36. The van der Waals surface area contributed by atoms with Gasteiger partial charge in [-0.05, 0) is 6.92 Å². The van der Waals surface area contributed by atoms with Gasteiger partial charge in [0.25, 0.3) is 0 Å². The molecule has 1 rings (SSSR count). The van der Waals surface area contributed by atoms with Crippen molar-refractivity contribution >= 4 is 17.3 Å². The first-order chi connectivity index (χ1) is 5.61.